The van der Waals surface area contributed by atoms with E-state index in [-0.39, 0.29) is 11.0 Å². The van der Waals surface area contributed by atoms with Crippen molar-refractivity contribution in [3.05, 3.63) is 34.0 Å². The summed E-state index contributed by atoms with van der Waals surface area (Å²) in [5.74, 6) is -0.205. The number of hydrogen-bond donors (Lipinski definition) is 2. The van der Waals surface area contributed by atoms with Gasteiger partial charge in [-0.3, -0.25) is 10.1 Å². The molecule has 0 saturated heterocycles. The zero-order valence-corrected chi connectivity index (χ0v) is 10.4. The number of thiazole rings is 1. The lowest BCUT2D eigenvalue weighted by molar-refractivity contribution is 0.0981. The zero-order valence-electron chi connectivity index (χ0n) is 7.97. The summed E-state index contributed by atoms with van der Waals surface area (Å²) >= 11 is 7.77. The van der Waals surface area contributed by atoms with Crippen molar-refractivity contribution in [2.24, 2.45) is 0 Å². The minimum Gasteiger partial charge on any atom is -0.308 e. The molecule has 2 aromatic rings. The number of carbonyl (C=O) groups excluding carboxylic acids is 1. The van der Waals surface area contributed by atoms with Crippen molar-refractivity contribution in [1.29, 1.82) is 0 Å². The SMILES string of the molecule is O=C(NC(=S)Nc1nccs1)c1cccs1. The Morgan fingerprint density at radius 3 is 2.88 bits per heavy atom. The number of rotatable bonds is 2. The summed E-state index contributed by atoms with van der Waals surface area (Å²) in [7, 11) is 0. The molecule has 82 valence electrons. The predicted molar refractivity (Wildman–Crippen MR) is 70.1 cm³/mol. The molecule has 4 nitrogen and oxygen atoms in total. The van der Waals surface area contributed by atoms with Crippen molar-refractivity contribution in [2.75, 3.05) is 5.32 Å². The smallest absolute Gasteiger partial charge is 0.267 e. The molecule has 0 atom stereocenters. The third-order valence-corrected chi connectivity index (χ3v) is 3.39. The first-order chi connectivity index (χ1) is 7.75. The third-order valence-electron chi connectivity index (χ3n) is 1.62. The Morgan fingerprint density at radius 1 is 1.38 bits per heavy atom. The van der Waals surface area contributed by atoms with Crippen LogP contribution in [0.2, 0.25) is 0 Å². The molecule has 0 aliphatic carbocycles. The standard InChI is InChI=1S/C9H7N3OS3/c13-7(6-2-1-4-15-6)11-8(14)12-9-10-3-5-16-9/h1-5H,(H2,10,11,12,13,14). The van der Waals surface area contributed by atoms with Crippen LogP contribution in [-0.4, -0.2) is 16.0 Å². The molecule has 2 aromatic heterocycles. The Balaban J connectivity index is 1.91. The third kappa shape index (κ3) is 2.84. The summed E-state index contributed by atoms with van der Waals surface area (Å²) in [5.41, 5.74) is 0. The van der Waals surface area contributed by atoms with Crippen molar-refractivity contribution in [3.8, 4) is 0 Å². The first-order valence-electron chi connectivity index (χ1n) is 4.31. The van der Waals surface area contributed by atoms with Gasteiger partial charge in [0.25, 0.3) is 5.91 Å². The lowest BCUT2D eigenvalue weighted by Gasteiger charge is -2.05. The van der Waals surface area contributed by atoms with E-state index in [0.717, 1.165) is 0 Å². The number of hydrogen-bond acceptors (Lipinski definition) is 5. The number of anilines is 1. The molecular weight excluding hydrogens is 262 g/mol. The lowest BCUT2D eigenvalue weighted by Crippen LogP contribution is -2.33. The molecule has 0 aliphatic heterocycles. The molecule has 2 heterocycles. The molecule has 2 N–H and O–H groups in total. The van der Waals surface area contributed by atoms with Gasteiger partial charge in [0.1, 0.15) is 0 Å². The molecule has 0 spiro atoms. The Bertz CT molecular complexity index is 478. The van der Waals surface area contributed by atoms with Crippen LogP contribution in [0.15, 0.2) is 29.1 Å². The van der Waals surface area contributed by atoms with Gasteiger partial charge in [-0.15, -0.1) is 22.7 Å². The van der Waals surface area contributed by atoms with Gasteiger partial charge in [0.05, 0.1) is 4.88 Å². The first kappa shape index (κ1) is 11.2. The van der Waals surface area contributed by atoms with Crippen molar-refractivity contribution >= 4 is 51.0 Å². The molecule has 16 heavy (non-hydrogen) atoms. The van der Waals surface area contributed by atoms with Crippen LogP contribution in [0, 0.1) is 0 Å². The first-order valence-corrected chi connectivity index (χ1v) is 6.48. The van der Waals surface area contributed by atoms with E-state index in [9.17, 15) is 4.79 Å². The van der Waals surface area contributed by atoms with Crippen LogP contribution >= 0.6 is 34.9 Å². The van der Waals surface area contributed by atoms with Crippen molar-refractivity contribution in [1.82, 2.24) is 10.3 Å². The summed E-state index contributed by atoms with van der Waals surface area (Å²) in [6.45, 7) is 0. The summed E-state index contributed by atoms with van der Waals surface area (Å²) in [6.07, 6.45) is 1.66. The summed E-state index contributed by atoms with van der Waals surface area (Å²) < 4.78 is 0. The number of thiocarbonyl (C=S) groups is 1. The number of thiophene rings is 1. The summed E-state index contributed by atoms with van der Waals surface area (Å²) in [6, 6.07) is 3.56. The molecular formula is C9H7N3OS3. The van der Waals surface area contributed by atoms with Gasteiger partial charge in [-0.25, -0.2) is 4.98 Å². The van der Waals surface area contributed by atoms with Crippen LogP contribution in [-0.2, 0) is 0 Å². The van der Waals surface area contributed by atoms with E-state index in [1.165, 1.54) is 22.7 Å². The monoisotopic (exact) mass is 269 g/mol. The number of carbonyl (C=O) groups is 1. The van der Waals surface area contributed by atoms with E-state index >= 15 is 0 Å². The van der Waals surface area contributed by atoms with Crippen LogP contribution in [0.4, 0.5) is 5.13 Å². The minimum absolute atomic E-state index is 0.205. The Labute approximate surface area is 105 Å². The molecule has 0 radical (unpaired) electrons. The van der Waals surface area contributed by atoms with Gasteiger partial charge >= 0.3 is 0 Å². The Hall–Kier alpha value is -1.31. The number of aromatic nitrogens is 1. The van der Waals surface area contributed by atoms with Crippen molar-refractivity contribution in [2.45, 2.75) is 0 Å². The number of nitrogens with one attached hydrogen (secondary N) is 2. The summed E-state index contributed by atoms with van der Waals surface area (Å²) in [4.78, 5) is 16.2. The van der Waals surface area contributed by atoms with Gasteiger partial charge in [-0.05, 0) is 23.7 Å². The number of amides is 1. The second kappa shape index (κ2) is 5.15. The average Bonchev–Trinajstić information content (AvgIpc) is 2.88. The fourth-order valence-electron chi connectivity index (χ4n) is 0.986. The molecule has 2 rings (SSSR count). The van der Waals surface area contributed by atoms with E-state index in [2.05, 4.69) is 15.6 Å². The van der Waals surface area contributed by atoms with Gasteiger partial charge in [-0.1, -0.05) is 6.07 Å². The van der Waals surface area contributed by atoms with E-state index in [4.69, 9.17) is 12.2 Å². The topological polar surface area (TPSA) is 54.0 Å². The highest BCUT2D eigenvalue weighted by molar-refractivity contribution is 7.80. The molecule has 0 bridgehead atoms. The van der Waals surface area contributed by atoms with E-state index in [1.807, 2.05) is 16.8 Å². The van der Waals surface area contributed by atoms with E-state index in [0.29, 0.717) is 10.0 Å². The maximum absolute atomic E-state index is 11.6. The maximum Gasteiger partial charge on any atom is 0.267 e. The van der Waals surface area contributed by atoms with Gasteiger partial charge in [0.15, 0.2) is 10.2 Å². The Morgan fingerprint density at radius 2 is 2.25 bits per heavy atom. The lowest BCUT2D eigenvalue weighted by atomic mass is 10.4. The largest absolute Gasteiger partial charge is 0.308 e. The molecule has 0 aliphatic rings. The highest BCUT2D eigenvalue weighted by atomic mass is 32.1. The van der Waals surface area contributed by atoms with Gasteiger partial charge in [-0.2, -0.15) is 0 Å². The molecule has 1 amide bonds. The second-order valence-corrected chi connectivity index (χ2v) is 4.97. The molecule has 7 heteroatoms. The zero-order chi connectivity index (χ0) is 11.4. The van der Waals surface area contributed by atoms with E-state index in [1.54, 1.807) is 12.3 Å². The maximum atomic E-state index is 11.6. The van der Waals surface area contributed by atoms with Crippen LogP contribution in [0.5, 0.6) is 0 Å². The molecule has 0 unspecified atom stereocenters. The fourth-order valence-corrected chi connectivity index (χ4v) is 2.39. The van der Waals surface area contributed by atoms with Crippen LogP contribution < -0.4 is 10.6 Å². The Kier molecular flexibility index (Phi) is 3.60. The normalized spacial score (nSPS) is 9.75. The highest BCUT2D eigenvalue weighted by Crippen LogP contribution is 2.10. The van der Waals surface area contributed by atoms with Crippen LogP contribution in [0.3, 0.4) is 0 Å². The second-order valence-electron chi connectivity index (χ2n) is 2.72. The van der Waals surface area contributed by atoms with Crippen molar-refractivity contribution < 1.29 is 4.79 Å². The predicted octanol–water partition coefficient (Wildman–Crippen LogP) is 2.33. The molecule has 0 fully saturated rings. The quantitative estimate of drug-likeness (QED) is 0.822. The fraction of sp³-hybridized carbons (Fsp3) is 0. The highest BCUT2D eigenvalue weighted by Gasteiger charge is 2.08. The van der Waals surface area contributed by atoms with Gasteiger partial charge in [0, 0.05) is 11.6 Å². The molecule has 0 aromatic carbocycles. The van der Waals surface area contributed by atoms with Crippen LogP contribution in [0.25, 0.3) is 0 Å². The minimum atomic E-state index is -0.205. The van der Waals surface area contributed by atoms with Gasteiger partial charge in [0.2, 0.25) is 0 Å². The van der Waals surface area contributed by atoms with Crippen molar-refractivity contribution in [3.63, 3.8) is 0 Å². The van der Waals surface area contributed by atoms with Crippen LogP contribution in [0.1, 0.15) is 9.67 Å². The average molecular weight is 269 g/mol. The van der Waals surface area contributed by atoms with E-state index < -0.39 is 0 Å². The molecule has 0 saturated carbocycles. The van der Waals surface area contributed by atoms with Gasteiger partial charge < -0.3 is 5.32 Å². The summed E-state index contributed by atoms with van der Waals surface area (Å²) in [5, 5.41) is 9.99. The number of nitrogens with zero attached hydrogens (tertiary/aromatic N) is 1.